The molecule has 0 spiro atoms. The number of piperidine rings is 1. The normalized spacial score (nSPS) is 18.4. The third-order valence-corrected chi connectivity index (χ3v) is 5.25. The molecule has 3 aromatic rings. The topological polar surface area (TPSA) is 85.8 Å². The number of rotatable bonds is 4. The van der Waals surface area contributed by atoms with Crippen molar-refractivity contribution in [2.75, 3.05) is 18.0 Å². The SMILES string of the molecule is Cc1noc(-c2ccnc(N3CCC(c4nncn4C4CC4)CC3)c2)n1. The van der Waals surface area contributed by atoms with Gasteiger partial charge < -0.3 is 14.0 Å². The van der Waals surface area contributed by atoms with E-state index in [1.807, 2.05) is 25.4 Å². The van der Waals surface area contributed by atoms with Crippen LogP contribution in [0.2, 0.25) is 0 Å². The zero-order chi connectivity index (χ0) is 17.5. The Kier molecular flexibility index (Phi) is 3.69. The summed E-state index contributed by atoms with van der Waals surface area (Å²) in [6.07, 6.45) is 8.36. The molecule has 0 N–H and O–H groups in total. The van der Waals surface area contributed by atoms with Crippen LogP contribution in [0.15, 0.2) is 29.2 Å². The first kappa shape index (κ1) is 15.5. The van der Waals surface area contributed by atoms with E-state index in [4.69, 9.17) is 4.52 Å². The predicted molar refractivity (Wildman–Crippen MR) is 94.7 cm³/mol. The fraction of sp³-hybridized carbons (Fsp3) is 0.500. The third-order valence-electron chi connectivity index (χ3n) is 5.25. The molecule has 8 heteroatoms. The molecule has 0 bridgehead atoms. The van der Waals surface area contributed by atoms with Gasteiger partial charge in [-0.05, 0) is 44.7 Å². The van der Waals surface area contributed by atoms with Crippen LogP contribution in [0.25, 0.3) is 11.5 Å². The first-order valence-corrected chi connectivity index (χ1v) is 9.19. The van der Waals surface area contributed by atoms with Crippen LogP contribution < -0.4 is 4.90 Å². The maximum Gasteiger partial charge on any atom is 0.258 e. The van der Waals surface area contributed by atoms with Gasteiger partial charge in [0.15, 0.2) is 5.82 Å². The maximum absolute atomic E-state index is 5.27. The summed E-state index contributed by atoms with van der Waals surface area (Å²) in [6, 6.07) is 4.57. The van der Waals surface area contributed by atoms with Gasteiger partial charge in [-0.15, -0.1) is 10.2 Å². The summed E-state index contributed by atoms with van der Waals surface area (Å²) in [5.41, 5.74) is 0.909. The lowest BCUT2D eigenvalue weighted by Crippen LogP contribution is -2.34. The number of pyridine rings is 1. The summed E-state index contributed by atoms with van der Waals surface area (Å²) < 4.78 is 7.56. The Morgan fingerprint density at radius 1 is 1.15 bits per heavy atom. The molecule has 0 unspecified atom stereocenters. The van der Waals surface area contributed by atoms with Gasteiger partial charge in [0, 0.05) is 36.8 Å². The van der Waals surface area contributed by atoms with E-state index >= 15 is 0 Å². The zero-order valence-corrected chi connectivity index (χ0v) is 14.7. The highest BCUT2D eigenvalue weighted by atomic mass is 16.5. The lowest BCUT2D eigenvalue weighted by molar-refractivity contribution is 0.425. The molecule has 1 aliphatic heterocycles. The standard InChI is InChI=1S/C18H21N7O/c1-12-21-18(26-23-12)14-4-7-19-16(10-14)24-8-5-13(6-9-24)17-22-20-11-25(17)15-2-3-15/h4,7,10-11,13,15H,2-3,5-6,8-9H2,1H3. The van der Waals surface area contributed by atoms with Crippen LogP contribution >= 0.6 is 0 Å². The van der Waals surface area contributed by atoms with Crippen molar-refractivity contribution in [1.29, 1.82) is 0 Å². The van der Waals surface area contributed by atoms with E-state index in [1.54, 1.807) is 6.20 Å². The van der Waals surface area contributed by atoms with Crippen molar-refractivity contribution >= 4 is 5.82 Å². The highest BCUT2D eigenvalue weighted by molar-refractivity contribution is 5.58. The first-order valence-electron chi connectivity index (χ1n) is 9.19. The van der Waals surface area contributed by atoms with Gasteiger partial charge in [-0.25, -0.2) is 4.98 Å². The number of aromatic nitrogens is 6. The smallest absolute Gasteiger partial charge is 0.258 e. The van der Waals surface area contributed by atoms with Crippen LogP contribution in [0, 0.1) is 6.92 Å². The van der Waals surface area contributed by atoms with Gasteiger partial charge in [-0.3, -0.25) is 0 Å². The fourth-order valence-electron chi connectivity index (χ4n) is 3.68. The largest absolute Gasteiger partial charge is 0.357 e. The first-order chi connectivity index (χ1) is 12.8. The van der Waals surface area contributed by atoms with E-state index in [9.17, 15) is 0 Å². The Morgan fingerprint density at radius 3 is 2.73 bits per heavy atom. The third kappa shape index (κ3) is 2.85. The Morgan fingerprint density at radius 2 is 2.00 bits per heavy atom. The molecule has 1 aliphatic carbocycles. The number of aryl methyl sites for hydroxylation is 1. The lowest BCUT2D eigenvalue weighted by atomic mass is 9.95. The van der Waals surface area contributed by atoms with Gasteiger partial charge in [-0.2, -0.15) is 4.98 Å². The van der Waals surface area contributed by atoms with Crippen molar-refractivity contribution in [3.63, 3.8) is 0 Å². The van der Waals surface area contributed by atoms with E-state index < -0.39 is 0 Å². The van der Waals surface area contributed by atoms with Crippen LogP contribution in [0.4, 0.5) is 5.82 Å². The summed E-state index contributed by atoms with van der Waals surface area (Å²) in [5, 5.41) is 12.4. The van der Waals surface area contributed by atoms with E-state index in [1.165, 1.54) is 12.8 Å². The van der Waals surface area contributed by atoms with Crippen molar-refractivity contribution in [3.05, 3.63) is 36.3 Å². The minimum Gasteiger partial charge on any atom is -0.357 e. The predicted octanol–water partition coefficient (Wildman–Crippen LogP) is 2.75. The molecule has 0 amide bonds. The second-order valence-electron chi connectivity index (χ2n) is 7.14. The summed E-state index contributed by atoms with van der Waals surface area (Å²) in [4.78, 5) is 11.2. The highest BCUT2D eigenvalue weighted by Gasteiger charge is 2.31. The minimum absolute atomic E-state index is 0.483. The van der Waals surface area contributed by atoms with Crippen LogP contribution in [-0.4, -0.2) is 43.0 Å². The van der Waals surface area contributed by atoms with Gasteiger partial charge >= 0.3 is 0 Å². The second-order valence-corrected chi connectivity index (χ2v) is 7.14. The van der Waals surface area contributed by atoms with Crippen molar-refractivity contribution in [2.45, 2.75) is 44.6 Å². The van der Waals surface area contributed by atoms with Crippen molar-refractivity contribution < 1.29 is 4.52 Å². The summed E-state index contributed by atoms with van der Waals surface area (Å²) in [5.74, 6) is 3.78. The zero-order valence-electron chi connectivity index (χ0n) is 14.7. The van der Waals surface area contributed by atoms with Crippen LogP contribution in [0.1, 0.15) is 49.3 Å². The molecule has 4 heterocycles. The van der Waals surface area contributed by atoms with Gasteiger partial charge in [0.2, 0.25) is 0 Å². The molecule has 1 saturated carbocycles. The molecule has 134 valence electrons. The number of nitrogens with zero attached hydrogens (tertiary/aromatic N) is 7. The summed E-state index contributed by atoms with van der Waals surface area (Å²) >= 11 is 0. The molecule has 26 heavy (non-hydrogen) atoms. The molecule has 3 aromatic heterocycles. The van der Waals surface area contributed by atoms with Crippen LogP contribution in [0.3, 0.4) is 0 Å². The number of anilines is 1. The number of hydrogen-bond acceptors (Lipinski definition) is 7. The number of hydrogen-bond donors (Lipinski definition) is 0. The van der Waals surface area contributed by atoms with Crippen molar-refractivity contribution in [2.24, 2.45) is 0 Å². The van der Waals surface area contributed by atoms with E-state index in [-0.39, 0.29) is 0 Å². The average Bonchev–Trinajstić information content (AvgIpc) is 3.24. The summed E-state index contributed by atoms with van der Waals surface area (Å²) in [6.45, 7) is 3.74. The molecule has 0 aromatic carbocycles. The van der Waals surface area contributed by atoms with Crippen LogP contribution in [0.5, 0.6) is 0 Å². The Hall–Kier alpha value is -2.77. The molecule has 2 aliphatic rings. The minimum atomic E-state index is 0.483. The molecular weight excluding hydrogens is 330 g/mol. The quantitative estimate of drug-likeness (QED) is 0.714. The van der Waals surface area contributed by atoms with E-state index in [0.717, 1.165) is 43.1 Å². The van der Waals surface area contributed by atoms with Gasteiger partial charge in [0.25, 0.3) is 5.89 Å². The average molecular weight is 351 g/mol. The van der Waals surface area contributed by atoms with Gasteiger partial charge in [0.05, 0.1) is 0 Å². The molecule has 8 nitrogen and oxygen atoms in total. The van der Waals surface area contributed by atoms with Crippen molar-refractivity contribution in [1.82, 2.24) is 29.9 Å². The van der Waals surface area contributed by atoms with Crippen LogP contribution in [-0.2, 0) is 0 Å². The molecule has 0 radical (unpaired) electrons. The molecule has 1 saturated heterocycles. The molecule has 5 rings (SSSR count). The fourth-order valence-corrected chi connectivity index (χ4v) is 3.68. The van der Waals surface area contributed by atoms with Crippen molar-refractivity contribution in [3.8, 4) is 11.5 Å². The van der Waals surface area contributed by atoms with E-state index in [0.29, 0.717) is 23.7 Å². The second kappa shape index (κ2) is 6.19. The molecule has 0 atom stereocenters. The molecule has 2 fully saturated rings. The Bertz CT molecular complexity index is 906. The highest BCUT2D eigenvalue weighted by Crippen LogP contribution is 2.38. The van der Waals surface area contributed by atoms with Gasteiger partial charge in [-0.1, -0.05) is 5.16 Å². The Balaban J connectivity index is 1.30. The molecular formula is C18H21N7O. The summed E-state index contributed by atoms with van der Waals surface area (Å²) in [7, 11) is 0. The van der Waals surface area contributed by atoms with E-state index in [2.05, 4.69) is 34.8 Å². The van der Waals surface area contributed by atoms with Gasteiger partial charge in [0.1, 0.15) is 18.0 Å². The lowest BCUT2D eigenvalue weighted by Gasteiger charge is -2.32. The Labute approximate surface area is 151 Å². The maximum atomic E-state index is 5.27. The monoisotopic (exact) mass is 351 g/mol.